The molecule has 1 aromatic heterocycles. The van der Waals surface area contributed by atoms with Gasteiger partial charge in [0.2, 0.25) is 0 Å². The molecule has 0 saturated heterocycles. The highest BCUT2D eigenvalue weighted by molar-refractivity contribution is 5.29. The maximum absolute atomic E-state index is 5.30. The van der Waals surface area contributed by atoms with Crippen LogP contribution in [0.1, 0.15) is 18.2 Å². The molecule has 1 atom stereocenters. The Morgan fingerprint density at radius 3 is 2.73 bits per heavy atom. The van der Waals surface area contributed by atoms with Gasteiger partial charge in [-0.1, -0.05) is 12.1 Å². The molecule has 0 radical (unpaired) electrons. The van der Waals surface area contributed by atoms with E-state index in [1.54, 1.807) is 14.2 Å². The molecule has 0 fully saturated rings. The normalized spacial score (nSPS) is 12.3. The van der Waals surface area contributed by atoms with Gasteiger partial charge in [0.25, 0.3) is 0 Å². The first kappa shape index (κ1) is 16.6. The minimum atomic E-state index is 0.805. The summed E-state index contributed by atoms with van der Waals surface area (Å²) >= 11 is 0. The predicted octanol–water partition coefficient (Wildman–Crippen LogP) is 1.60. The summed E-state index contributed by atoms with van der Waals surface area (Å²) in [7, 11) is 3.47. The molecule has 1 heterocycles. The quantitative estimate of drug-likeness (QED) is 0.762. The van der Waals surface area contributed by atoms with E-state index in [2.05, 4.69) is 42.0 Å². The molecule has 1 aromatic carbocycles. The molecule has 0 aliphatic rings. The lowest BCUT2D eigenvalue weighted by Crippen LogP contribution is -3.11. The molecule has 4 nitrogen and oxygen atoms in total. The van der Waals surface area contributed by atoms with Gasteiger partial charge in [-0.2, -0.15) is 0 Å². The zero-order chi connectivity index (χ0) is 15.8. The third-order valence-electron chi connectivity index (χ3n) is 4.00. The molecule has 1 unspecified atom stereocenters. The van der Waals surface area contributed by atoms with Crippen molar-refractivity contribution in [2.45, 2.75) is 20.0 Å². The van der Waals surface area contributed by atoms with Crippen LogP contribution in [-0.4, -0.2) is 38.5 Å². The minimum absolute atomic E-state index is 0.805. The summed E-state index contributed by atoms with van der Waals surface area (Å²) in [6.45, 7) is 7.07. The third-order valence-corrected chi connectivity index (χ3v) is 4.00. The molecule has 2 aromatic rings. The van der Waals surface area contributed by atoms with Gasteiger partial charge in [0.15, 0.2) is 0 Å². The minimum Gasteiger partial charge on any atom is -0.497 e. The summed E-state index contributed by atoms with van der Waals surface area (Å²) < 4.78 is 12.8. The Balaban J connectivity index is 2.05. The number of rotatable bonds is 9. The lowest BCUT2D eigenvalue weighted by Gasteiger charge is -2.18. The van der Waals surface area contributed by atoms with Gasteiger partial charge in [-0.25, -0.2) is 0 Å². The number of benzene rings is 1. The molecule has 0 bridgehead atoms. The van der Waals surface area contributed by atoms with Gasteiger partial charge in [0.1, 0.15) is 18.8 Å². The SMILES string of the molecule is CC[NH+](CCOC)Cc1cccn1Cc1cccc(OC)c1. The van der Waals surface area contributed by atoms with Gasteiger partial charge in [-0.05, 0) is 36.8 Å². The number of hydrogen-bond acceptors (Lipinski definition) is 2. The van der Waals surface area contributed by atoms with E-state index in [9.17, 15) is 0 Å². The van der Waals surface area contributed by atoms with E-state index in [1.807, 2.05) is 12.1 Å². The van der Waals surface area contributed by atoms with Gasteiger partial charge >= 0.3 is 0 Å². The van der Waals surface area contributed by atoms with Gasteiger partial charge in [-0.3, -0.25) is 0 Å². The number of likely N-dealkylation sites (N-methyl/N-ethyl adjacent to an activating group) is 1. The second-order valence-corrected chi connectivity index (χ2v) is 5.50. The largest absolute Gasteiger partial charge is 0.497 e. The van der Waals surface area contributed by atoms with Crippen LogP contribution in [0.2, 0.25) is 0 Å². The Kier molecular flexibility index (Phi) is 6.49. The van der Waals surface area contributed by atoms with Crippen molar-refractivity contribution in [2.24, 2.45) is 0 Å². The van der Waals surface area contributed by atoms with Crippen LogP contribution in [0, 0.1) is 0 Å². The standard InChI is InChI=1S/C18H26N2O2/c1-4-19(11-12-21-2)15-17-8-6-10-20(17)14-16-7-5-9-18(13-16)22-3/h5-10,13H,4,11-12,14-15H2,1-3H3/p+1. The maximum Gasteiger partial charge on any atom is 0.119 e. The van der Waals surface area contributed by atoms with Crippen LogP contribution in [0.15, 0.2) is 42.6 Å². The lowest BCUT2D eigenvalue weighted by molar-refractivity contribution is -0.912. The Bertz CT molecular complexity index is 566. The molecular weight excluding hydrogens is 276 g/mol. The van der Waals surface area contributed by atoms with Gasteiger partial charge in [-0.15, -0.1) is 0 Å². The zero-order valence-corrected chi connectivity index (χ0v) is 13.8. The summed E-state index contributed by atoms with van der Waals surface area (Å²) in [5.41, 5.74) is 2.61. The number of nitrogens with one attached hydrogen (secondary N) is 1. The van der Waals surface area contributed by atoms with Crippen molar-refractivity contribution in [1.29, 1.82) is 0 Å². The molecule has 4 heteroatoms. The molecule has 22 heavy (non-hydrogen) atoms. The van der Waals surface area contributed by atoms with Crippen molar-refractivity contribution < 1.29 is 14.4 Å². The fourth-order valence-corrected chi connectivity index (χ4v) is 2.62. The number of ether oxygens (including phenoxy) is 2. The number of nitrogens with zero attached hydrogens (tertiary/aromatic N) is 1. The van der Waals surface area contributed by atoms with Crippen LogP contribution in [0.3, 0.4) is 0 Å². The molecule has 1 N–H and O–H groups in total. The Morgan fingerprint density at radius 1 is 1.14 bits per heavy atom. The predicted molar refractivity (Wildman–Crippen MR) is 88.5 cm³/mol. The average Bonchev–Trinajstić information content (AvgIpc) is 2.98. The topological polar surface area (TPSA) is 27.8 Å². The van der Waals surface area contributed by atoms with E-state index in [0.29, 0.717) is 0 Å². The molecule has 120 valence electrons. The summed E-state index contributed by atoms with van der Waals surface area (Å²) in [4.78, 5) is 1.53. The van der Waals surface area contributed by atoms with Crippen LogP contribution in [0.25, 0.3) is 0 Å². The lowest BCUT2D eigenvalue weighted by atomic mass is 10.2. The first-order chi connectivity index (χ1) is 10.8. The summed E-state index contributed by atoms with van der Waals surface area (Å²) in [6.07, 6.45) is 2.15. The summed E-state index contributed by atoms with van der Waals surface area (Å²) in [5, 5.41) is 0. The Labute approximate surface area is 133 Å². The Morgan fingerprint density at radius 2 is 2.00 bits per heavy atom. The van der Waals surface area contributed by atoms with Crippen LogP contribution >= 0.6 is 0 Å². The van der Waals surface area contributed by atoms with Crippen molar-refractivity contribution in [3.8, 4) is 5.75 Å². The second kappa shape index (κ2) is 8.61. The van der Waals surface area contributed by atoms with Crippen LogP contribution in [0.5, 0.6) is 5.75 Å². The second-order valence-electron chi connectivity index (χ2n) is 5.50. The van der Waals surface area contributed by atoms with Crippen molar-refractivity contribution >= 4 is 0 Å². The van der Waals surface area contributed by atoms with Crippen LogP contribution < -0.4 is 9.64 Å². The van der Waals surface area contributed by atoms with E-state index in [1.165, 1.54) is 16.2 Å². The smallest absolute Gasteiger partial charge is 0.119 e. The monoisotopic (exact) mass is 303 g/mol. The number of methoxy groups -OCH3 is 2. The van der Waals surface area contributed by atoms with Crippen LogP contribution in [0.4, 0.5) is 0 Å². The van der Waals surface area contributed by atoms with Gasteiger partial charge in [0, 0.05) is 19.9 Å². The van der Waals surface area contributed by atoms with Gasteiger partial charge in [0.05, 0.1) is 26.0 Å². The van der Waals surface area contributed by atoms with E-state index in [-0.39, 0.29) is 0 Å². The fourth-order valence-electron chi connectivity index (χ4n) is 2.62. The molecule has 2 rings (SSSR count). The third kappa shape index (κ3) is 4.61. The molecule has 0 aliphatic heterocycles. The number of quaternary nitrogens is 1. The number of hydrogen-bond donors (Lipinski definition) is 1. The van der Waals surface area contributed by atoms with E-state index in [0.717, 1.165) is 38.5 Å². The average molecular weight is 303 g/mol. The highest BCUT2D eigenvalue weighted by Crippen LogP contribution is 2.14. The number of aromatic nitrogens is 1. The van der Waals surface area contributed by atoms with E-state index >= 15 is 0 Å². The molecule has 0 aliphatic carbocycles. The van der Waals surface area contributed by atoms with Crippen molar-refractivity contribution in [3.05, 3.63) is 53.9 Å². The Hall–Kier alpha value is -1.78. The van der Waals surface area contributed by atoms with Crippen LogP contribution in [-0.2, 0) is 17.8 Å². The highest BCUT2D eigenvalue weighted by atomic mass is 16.5. The molecule has 0 amide bonds. The van der Waals surface area contributed by atoms with Crippen molar-refractivity contribution in [3.63, 3.8) is 0 Å². The highest BCUT2D eigenvalue weighted by Gasteiger charge is 2.10. The maximum atomic E-state index is 5.30. The van der Waals surface area contributed by atoms with E-state index in [4.69, 9.17) is 9.47 Å². The first-order valence-electron chi connectivity index (χ1n) is 7.86. The first-order valence-corrected chi connectivity index (χ1v) is 7.86. The molecule has 0 saturated carbocycles. The van der Waals surface area contributed by atoms with E-state index < -0.39 is 0 Å². The van der Waals surface area contributed by atoms with Gasteiger partial charge < -0.3 is 18.9 Å². The summed E-state index contributed by atoms with van der Waals surface area (Å²) in [5.74, 6) is 0.909. The zero-order valence-electron chi connectivity index (χ0n) is 13.8. The fraction of sp³-hybridized carbons (Fsp3) is 0.444. The molecule has 0 spiro atoms. The molecular formula is C18H27N2O2+. The van der Waals surface area contributed by atoms with Crippen molar-refractivity contribution in [2.75, 3.05) is 33.9 Å². The summed E-state index contributed by atoms with van der Waals surface area (Å²) in [6, 6.07) is 12.6. The van der Waals surface area contributed by atoms with Crippen molar-refractivity contribution in [1.82, 2.24) is 4.57 Å².